The molecule has 1 saturated carbocycles. The van der Waals surface area contributed by atoms with Crippen molar-refractivity contribution in [2.24, 2.45) is 23.2 Å². The molecule has 0 saturated heterocycles. The van der Waals surface area contributed by atoms with E-state index in [0.29, 0.717) is 5.41 Å². The van der Waals surface area contributed by atoms with Gasteiger partial charge in [0.25, 0.3) is 0 Å². The zero-order chi connectivity index (χ0) is 10.8. The minimum Gasteiger partial charge on any atom is -0.0651 e. The van der Waals surface area contributed by atoms with Crippen molar-refractivity contribution in [2.75, 3.05) is 0 Å². The van der Waals surface area contributed by atoms with Crippen LogP contribution in [0.1, 0.15) is 66.7 Å². The van der Waals surface area contributed by atoms with Crippen LogP contribution in [0.4, 0.5) is 0 Å². The highest BCUT2D eigenvalue weighted by Gasteiger charge is 2.39. The van der Waals surface area contributed by atoms with E-state index in [1.54, 1.807) is 0 Å². The Hall–Kier alpha value is 0. The summed E-state index contributed by atoms with van der Waals surface area (Å²) in [6, 6.07) is 0. The van der Waals surface area contributed by atoms with Crippen LogP contribution >= 0.6 is 0 Å². The fourth-order valence-corrected chi connectivity index (χ4v) is 3.44. The minimum atomic E-state index is 0.658. The molecule has 0 nitrogen and oxygen atoms in total. The first-order valence-electron chi connectivity index (χ1n) is 6.53. The van der Waals surface area contributed by atoms with Crippen molar-refractivity contribution >= 4 is 0 Å². The molecule has 0 heterocycles. The summed E-state index contributed by atoms with van der Waals surface area (Å²) in [5, 5.41) is 0. The van der Waals surface area contributed by atoms with Crippen LogP contribution in [0.25, 0.3) is 0 Å². The van der Waals surface area contributed by atoms with Gasteiger partial charge in [-0.25, -0.2) is 0 Å². The van der Waals surface area contributed by atoms with Crippen LogP contribution in [0.2, 0.25) is 0 Å². The van der Waals surface area contributed by atoms with Crippen LogP contribution in [0.3, 0.4) is 0 Å². The number of rotatable bonds is 3. The molecule has 1 rings (SSSR count). The highest BCUT2D eigenvalue weighted by atomic mass is 14.4. The maximum absolute atomic E-state index is 2.42. The predicted molar refractivity (Wildman–Crippen MR) is 64.4 cm³/mol. The van der Waals surface area contributed by atoms with E-state index in [9.17, 15) is 0 Å². The van der Waals surface area contributed by atoms with Gasteiger partial charge in [-0.2, -0.15) is 0 Å². The average molecular weight is 196 g/mol. The Morgan fingerprint density at radius 1 is 1.00 bits per heavy atom. The second-order valence-electron chi connectivity index (χ2n) is 5.89. The molecular formula is C14H28. The molecule has 0 spiro atoms. The summed E-state index contributed by atoms with van der Waals surface area (Å²) in [4.78, 5) is 0. The van der Waals surface area contributed by atoms with E-state index in [4.69, 9.17) is 0 Å². The molecule has 1 aliphatic carbocycles. The van der Waals surface area contributed by atoms with Gasteiger partial charge in [-0.1, -0.05) is 41.0 Å². The second-order valence-corrected chi connectivity index (χ2v) is 5.89. The van der Waals surface area contributed by atoms with E-state index < -0.39 is 0 Å². The molecule has 84 valence electrons. The molecule has 1 aliphatic rings. The van der Waals surface area contributed by atoms with Gasteiger partial charge in [0.2, 0.25) is 0 Å². The maximum Gasteiger partial charge on any atom is -0.0251 e. The molecule has 0 aromatic carbocycles. The standard InChI is InChI=1S/C14H28/c1-6-13-7-9-14(10-8-13,11(2)3)12(4)5/h11-13H,6-10H2,1-5H3. The van der Waals surface area contributed by atoms with Gasteiger partial charge in [-0.3, -0.25) is 0 Å². The summed E-state index contributed by atoms with van der Waals surface area (Å²) in [7, 11) is 0. The van der Waals surface area contributed by atoms with Crippen molar-refractivity contribution in [3.63, 3.8) is 0 Å². The molecule has 0 amide bonds. The Kier molecular flexibility index (Phi) is 4.04. The first kappa shape index (κ1) is 12.1. The first-order valence-corrected chi connectivity index (χ1v) is 6.53. The lowest BCUT2D eigenvalue weighted by molar-refractivity contribution is 0.0380. The predicted octanol–water partition coefficient (Wildman–Crippen LogP) is 4.89. The zero-order valence-electron chi connectivity index (χ0n) is 10.8. The maximum atomic E-state index is 2.42. The number of hydrogen-bond donors (Lipinski definition) is 0. The van der Waals surface area contributed by atoms with Crippen LogP contribution in [0, 0.1) is 23.2 Å². The molecule has 1 fully saturated rings. The van der Waals surface area contributed by atoms with Crippen molar-refractivity contribution in [3.8, 4) is 0 Å². The van der Waals surface area contributed by atoms with Crippen molar-refractivity contribution in [1.29, 1.82) is 0 Å². The normalized spacial score (nSPS) is 23.4. The second kappa shape index (κ2) is 4.68. The van der Waals surface area contributed by atoms with Gasteiger partial charge < -0.3 is 0 Å². The highest BCUT2D eigenvalue weighted by molar-refractivity contribution is 4.89. The highest BCUT2D eigenvalue weighted by Crippen LogP contribution is 2.49. The molecule has 0 atom stereocenters. The SMILES string of the molecule is CCC1CCC(C(C)C)(C(C)C)CC1. The number of hydrogen-bond acceptors (Lipinski definition) is 0. The van der Waals surface area contributed by atoms with E-state index in [2.05, 4.69) is 34.6 Å². The van der Waals surface area contributed by atoms with Gasteiger partial charge in [0.1, 0.15) is 0 Å². The summed E-state index contributed by atoms with van der Waals surface area (Å²) in [5.74, 6) is 2.75. The van der Waals surface area contributed by atoms with Crippen molar-refractivity contribution in [1.82, 2.24) is 0 Å². The Bertz CT molecular complexity index is 149. The molecule has 0 N–H and O–H groups in total. The molecule has 0 aromatic rings. The van der Waals surface area contributed by atoms with Crippen LogP contribution in [0.5, 0.6) is 0 Å². The summed E-state index contributed by atoms with van der Waals surface area (Å²) in [6.07, 6.45) is 7.30. The van der Waals surface area contributed by atoms with Crippen molar-refractivity contribution < 1.29 is 0 Å². The molecule has 0 bridgehead atoms. The van der Waals surface area contributed by atoms with Gasteiger partial charge in [0.15, 0.2) is 0 Å². The Balaban J connectivity index is 2.65. The van der Waals surface area contributed by atoms with Crippen LogP contribution < -0.4 is 0 Å². The van der Waals surface area contributed by atoms with E-state index in [0.717, 1.165) is 17.8 Å². The summed E-state index contributed by atoms with van der Waals surface area (Å²) in [6.45, 7) is 12.0. The van der Waals surface area contributed by atoms with E-state index in [-0.39, 0.29) is 0 Å². The van der Waals surface area contributed by atoms with Crippen LogP contribution in [-0.4, -0.2) is 0 Å². The molecule has 0 heteroatoms. The largest absolute Gasteiger partial charge is 0.0651 e. The van der Waals surface area contributed by atoms with Crippen molar-refractivity contribution in [3.05, 3.63) is 0 Å². The first-order chi connectivity index (χ1) is 6.53. The zero-order valence-corrected chi connectivity index (χ0v) is 10.8. The fraction of sp³-hybridized carbons (Fsp3) is 1.00. The van der Waals surface area contributed by atoms with Gasteiger partial charge >= 0.3 is 0 Å². The lowest BCUT2D eigenvalue weighted by Crippen LogP contribution is -2.37. The molecule has 0 aliphatic heterocycles. The monoisotopic (exact) mass is 196 g/mol. The third-order valence-corrected chi connectivity index (χ3v) is 4.91. The van der Waals surface area contributed by atoms with Gasteiger partial charge in [-0.15, -0.1) is 0 Å². The quantitative estimate of drug-likeness (QED) is 0.603. The lowest BCUT2D eigenvalue weighted by Gasteiger charge is -2.46. The van der Waals surface area contributed by atoms with E-state index in [1.165, 1.54) is 32.1 Å². The molecular weight excluding hydrogens is 168 g/mol. The molecule has 14 heavy (non-hydrogen) atoms. The van der Waals surface area contributed by atoms with Gasteiger partial charge in [0, 0.05) is 0 Å². The molecule has 0 aromatic heterocycles. The Morgan fingerprint density at radius 2 is 1.43 bits per heavy atom. The molecule has 0 radical (unpaired) electrons. The summed E-state index contributed by atoms with van der Waals surface area (Å²) >= 11 is 0. The topological polar surface area (TPSA) is 0 Å². The minimum absolute atomic E-state index is 0.658. The van der Waals surface area contributed by atoms with Crippen LogP contribution in [0.15, 0.2) is 0 Å². The van der Waals surface area contributed by atoms with Crippen molar-refractivity contribution in [2.45, 2.75) is 66.7 Å². The third kappa shape index (κ3) is 2.15. The Morgan fingerprint density at radius 3 is 1.71 bits per heavy atom. The average Bonchev–Trinajstić information content (AvgIpc) is 2.17. The lowest BCUT2D eigenvalue weighted by atomic mass is 9.59. The van der Waals surface area contributed by atoms with Crippen LogP contribution in [-0.2, 0) is 0 Å². The molecule has 0 unspecified atom stereocenters. The van der Waals surface area contributed by atoms with E-state index in [1.807, 2.05) is 0 Å². The fourth-order valence-electron chi connectivity index (χ4n) is 3.44. The van der Waals surface area contributed by atoms with Gasteiger partial charge in [0.05, 0.1) is 0 Å². The van der Waals surface area contributed by atoms with E-state index >= 15 is 0 Å². The summed E-state index contributed by atoms with van der Waals surface area (Å²) < 4.78 is 0. The Labute approximate surface area is 90.5 Å². The third-order valence-electron chi connectivity index (χ3n) is 4.91. The summed E-state index contributed by atoms with van der Waals surface area (Å²) in [5.41, 5.74) is 0.658. The smallest absolute Gasteiger partial charge is 0.0251 e. The van der Waals surface area contributed by atoms with Gasteiger partial charge in [-0.05, 0) is 48.9 Å².